The highest BCUT2D eigenvalue weighted by molar-refractivity contribution is 7.47. The first-order valence-electron chi connectivity index (χ1n) is 21.7. The average molecular weight is 807 g/mol. The van der Waals surface area contributed by atoms with E-state index in [9.17, 15) is 19.0 Å². The van der Waals surface area contributed by atoms with Gasteiger partial charge in [-0.1, -0.05) is 157 Å². The summed E-state index contributed by atoms with van der Waals surface area (Å²) >= 11 is 0. The Morgan fingerprint density at radius 3 is 1.57 bits per heavy atom. The Morgan fingerprint density at radius 2 is 1.04 bits per heavy atom. The third-order valence-electron chi connectivity index (χ3n) is 8.85. The molecule has 9 nitrogen and oxygen atoms in total. The third kappa shape index (κ3) is 41.1. The van der Waals surface area contributed by atoms with Gasteiger partial charge >= 0.3 is 19.8 Å². The summed E-state index contributed by atoms with van der Waals surface area (Å²) in [5.74, 6) is -0.844. The molecule has 0 heterocycles. The van der Waals surface area contributed by atoms with Gasteiger partial charge in [0, 0.05) is 12.8 Å². The number of rotatable bonds is 38. The van der Waals surface area contributed by atoms with Crippen molar-refractivity contribution in [3.05, 3.63) is 72.9 Å². The molecule has 0 aliphatic rings. The first kappa shape index (κ1) is 53.5. The van der Waals surface area contributed by atoms with E-state index in [-0.39, 0.29) is 26.1 Å². The molecule has 0 amide bonds. The summed E-state index contributed by atoms with van der Waals surface area (Å²) in [6.07, 6.45) is 46.6. The zero-order chi connectivity index (χ0) is 41.4. The maximum absolute atomic E-state index is 12.7. The summed E-state index contributed by atoms with van der Waals surface area (Å²) < 4.78 is 34.3. The van der Waals surface area contributed by atoms with Crippen LogP contribution in [-0.2, 0) is 32.7 Å². The molecule has 1 unspecified atom stereocenters. The van der Waals surface area contributed by atoms with Crippen LogP contribution in [0.25, 0.3) is 0 Å². The van der Waals surface area contributed by atoms with Crippen molar-refractivity contribution in [1.29, 1.82) is 0 Å². The lowest BCUT2D eigenvalue weighted by Gasteiger charge is -2.24. The highest BCUT2D eigenvalue weighted by atomic mass is 31.2. The second-order valence-corrected chi connectivity index (χ2v) is 16.9. The second-order valence-electron chi connectivity index (χ2n) is 15.5. The van der Waals surface area contributed by atoms with Gasteiger partial charge in [0.25, 0.3) is 0 Å². The molecule has 0 saturated carbocycles. The van der Waals surface area contributed by atoms with Crippen molar-refractivity contribution >= 4 is 19.8 Å². The zero-order valence-electron chi connectivity index (χ0n) is 36.1. The van der Waals surface area contributed by atoms with Gasteiger partial charge in [-0.05, 0) is 57.8 Å². The normalized spacial score (nSPS) is 14.3. The van der Waals surface area contributed by atoms with Crippen LogP contribution in [0.4, 0.5) is 0 Å². The first-order chi connectivity index (χ1) is 27.0. The molecule has 0 fully saturated rings. The lowest BCUT2D eigenvalue weighted by molar-refractivity contribution is -0.870. The lowest BCUT2D eigenvalue weighted by atomic mass is 10.1. The number of nitrogens with zero attached hydrogens (tertiary/aromatic N) is 1. The van der Waals surface area contributed by atoms with Crippen molar-refractivity contribution in [3.63, 3.8) is 0 Å². The molecule has 0 aliphatic heterocycles. The molecule has 0 aliphatic carbocycles. The van der Waals surface area contributed by atoms with Crippen LogP contribution in [0.2, 0.25) is 0 Å². The van der Waals surface area contributed by atoms with Crippen molar-refractivity contribution in [1.82, 2.24) is 0 Å². The number of carbonyl (C=O) groups is 2. The number of hydrogen-bond acceptors (Lipinski definition) is 7. The van der Waals surface area contributed by atoms with E-state index in [1.807, 2.05) is 63.7 Å². The fraction of sp³-hybridized carbons (Fsp3) is 0.696. The predicted octanol–water partition coefficient (Wildman–Crippen LogP) is 12.2. The Hall–Kier alpha value is -2.55. The number of hydrogen-bond donors (Lipinski definition) is 1. The summed E-state index contributed by atoms with van der Waals surface area (Å²) in [6.45, 7) is 4.22. The molecule has 0 aromatic heterocycles. The van der Waals surface area contributed by atoms with Gasteiger partial charge in [-0.25, -0.2) is 4.57 Å². The Kier molecular flexibility index (Phi) is 36.3. The minimum Gasteiger partial charge on any atom is -0.462 e. The maximum atomic E-state index is 12.7. The van der Waals surface area contributed by atoms with E-state index < -0.39 is 32.5 Å². The molecule has 2 atom stereocenters. The SMILES string of the molecule is CC/C=C/C=C/C=C/C=C/C=C/CCCCCCCC(=O)OC[C@H](COP(=O)(O)OCC[N+](C)(C)C)OC(=O)CCCCCCC/C=C/CCCCCCCC. The molecule has 10 heteroatoms. The second kappa shape index (κ2) is 38.0. The molecule has 1 N–H and O–H groups in total. The van der Waals surface area contributed by atoms with Gasteiger partial charge < -0.3 is 18.9 Å². The van der Waals surface area contributed by atoms with Crippen molar-refractivity contribution in [2.45, 2.75) is 161 Å². The molecule has 0 bridgehead atoms. The van der Waals surface area contributed by atoms with E-state index in [1.165, 1.54) is 44.9 Å². The molecular weight excluding hydrogens is 725 g/mol. The molecule has 0 radical (unpaired) electrons. The lowest BCUT2D eigenvalue weighted by Crippen LogP contribution is -2.37. The van der Waals surface area contributed by atoms with Crippen LogP contribution < -0.4 is 0 Å². The number of phosphoric acid groups is 1. The highest BCUT2D eigenvalue weighted by Gasteiger charge is 2.27. The van der Waals surface area contributed by atoms with Gasteiger partial charge in [0.05, 0.1) is 27.7 Å². The fourth-order valence-electron chi connectivity index (χ4n) is 5.44. The number of allylic oxidation sites excluding steroid dienone is 12. The van der Waals surface area contributed by atoms with Crippen LogP contribution in [0.1, 0.15) is 155 Å². The molecule has 322 valence electrons. The van der Waals surface area contributed by atoms with E-state index in [1.54, 1.807) is 0 Å². The summed E-state index contributed by atoms with van der Waals surface area (Å²) in [6, 6.07) is 0. The van der Waals surface area contributed by atoms with E-state index >= 15 is 0 Å². The number of ether oxygens (including phenoxy) is 2. The van der Waals surface area contributed by atoms with E-state index in [0.29, 0.717) is 23.9 Å². The maximum Gasteiger partial charge on any atom is 0.472 e. The van der Waals surface area contributed by atoms with Crippen LogP contribution in [0.15, 0.2) is 72.9 Å². The van der Waals surface area contributed by atoms with E-state index in [0.717, 1.165) is 70.6 Å². The van der Waals surface area contributed by atoms with E-state index in [4.69, 9.17) is 18.5 Å². The fourth-order valence-corrected chi connectivity index (χ4v) is 6.18. The zero-order valence-corrected chi connectivity index (χ0v) is 37.0. The Balaban J connectivity index is 4.45. The van der Waals surface area contributed by atoms with Crippen molar-refractivity contribution in [2.24, 2.45) is 0 Å². The third-order valence-corrected chi connectivity index (χ3v) is 9.83. The van der Waals surface area contributed by atoms with Crippen LogP contribution >= 0.6 is 7.82 Å². The van der Waals surface area contributed by atoms with Gasteiger partial charge in [-0.2, -0.15) is 0 Å². The van der Waals surface area contributed by atoms with Crippen LogP contribution in [0.5, 0.6) is 0 Å². The Morgan fingerprint density at radius 1 is 0.571 bits per heavy atom. The molecule has 56 heavy (non-hydrogen) atoms. The standard InChI is InChI=1S/C46H80NO8P/c1-6-8-10-12-14-16-18-20-22-23-25-26-28-30-32-34-36-38-45(48)52-42-44(43-54-56(50,51)53-41-40-47(3,4)5)55-46(49)39-37-35-33-31-29-27-24-21-19-17-15-13-11-9-7-2/h8,10,12,14,16,18,20-25,44H,6-7,9,11,13,15,17,19,26-43H2,1-5H3/p+1/b10-8+,14-12+,18-16+,22-20+,24-21+,25-23+/t44-/m1/s1. The molecule has 0 aromatic rings. The number of unbranched alkanes of at least 4 members (excludes halogenated alkanes) is 16. The number of carbonyl (C=O) groups excluding carboxylic acids is 2. The number of phosphoric ester groups is 1. The minimum absolute atomic E-state index is 0.0219. The molecule has 0 spiro atoms. The Labute approximate surface area is 342 Å². The van der Waals surface area contributed by atoms with Crippen molar-refractivity contribution in [2.75, 3.05) is 47.5 Å². The van der Waals surface area contributed by atoms with Crippen LogP contribution in [-0.4, -0.2) is 74.9 Å². The summed E-state index contributed by atoms with van der Waals surface area (Å²) in [4.78, 5) is 35.4. The highest BCUT2D eigenvalue weighted by Crippen LogP contribution is 2.43. The Bertz CT molecular complexity index is 1180. The van der Waals surface area contributed by atoms with Crippen molar-refractivity contribution in [3.8, 4) is 0 Å². The average Bonchev–Trinajstić information content (AvgIpc) is 3.15. The predicted molar refractivity (Wildman–Crippen MR) is 233 cm³/mol. The molecule has 0 saturated heterocycles. The van der Waals surface area contributed by atoms with Crippen molar-refractivity contribution < 1.29 is 42.1 Å². The topological polar surface area (TPSA) is 108 Å². The monoisotopic (exact) mass is 807 g/mol. The van der Waals surface area contributed by atoms with Gasteiger partial charge in [0.2, 0.25) is 0 Å². The number of likely N-dealkylation sites (N-methyl/N-ethyl adjacent to an activating group) is 1. The van der Waals surface area contributed by atoms with Gasteiger partial charge in [-0.3, -0.25) is 18.6 Å². The summed E-state index contributed by atoms with van der Waals surface area (Å²) in [7, 11) is 1.44. The van der Waals surface area contributed by atoms with Gasteiger partial charge in [0.1, 0.15) is 19.8 Å². The molecule has 0 rings (SSSR count). The van der Waals surface area contributed by atoms with Gasteiger partial charge in [-0.15, -0.1) is 0 Å². The van der Waals surface area contributed by atoms with Crippen LogP contribution in [0, 0.1) is 0 Å². The minimum atomic E-state index is -4.39. The summed E-state index contributed by atoms with van der Waals surface area (Å²) in [5, 5.41) is 0. The number of quaternary nitrogens is 1. The van der Waals surface area contributed by atoms with E-state index in [2.05, 4.69) is 44.2 Å². The quantitative estimate of drug-likeness (QED) is 0.0164. The van der Waals surface area contributed by atoms with Crippen LogP contribution in [0.3, 0.4) is 0 Å². The molecular formula is C46H81NO8P+. The molecule has 0 aromatic carbocycles. The summed E-state index contributed by atoms with van der Waals surface area (Å²) in [5.41, 5.74) is 0. The largest absolute Gasteiger partial charge is 0.472 e. The smallest absolute Gasteiger partial charge is 0.462 e. The first-order valence-corrected chi connectivity index (χ1v) is 23.2. The van der Waals surface area contributed by atoms with Gasteiger partial charge in [0.15, 0.2) is 6.10 Å². The number of esters is 2.